The maximum atomic E-state index is 14.7. The van der Waals surface area contributed by atoms with Crippen molar-refractivity contribution in [1.82, 2.24) is 9.55 Å². The first-order valence-corrected chi connectivity index (χ1v) is 11.8. The normalized spacial score (nSPS) is 16.9. The van der Waals surface area contributed by atoms with Gasteiger partial charge in [0.15, 0.2) is 0 Å². The van der Waals surface area contributed by atoms with Crippen molar-refractivity contribution in [1.29, 1.82) is 0 Å². The molecule has 3 heterocycles. The van der Waals surface area contributed by atoms with Crippen molar-refractivity contribution >= 4 is 17.2 Å². The second kappa shape index (κ2) is 7.59. The lowest BCUT2D eigenvalue weighted by atomic mass is 9.81. The number of hydrogen-bond acceptors (Lipinski definition) is 4. The zero-order valence-corrected chi connectivity index (χ0v) is 19.6. The van der Waals surface area contributed by atoms with E-state index < -0.39 is 11.5 Å². The average Bonchev–Trinajstić information content (AvgIpc) is 3.17. The first kappa shape index (κ1) is 22.0. The van der Waals surface area contributed by atoms with Crippen molar-refractivity contribution < 1.29 is 14.3 Å². The van der Waals surface area contributed by atoms with Crippen molar-refractivity contribution in [2.75, 3.05) is 0 Å². The van der Waals surface area contributed by atoms with Gasteiger partial charge in [-0.2, -0.15) is 0 Å². The van der Waals surface area contributed by atoms with Crippen LogP contribution in [0.5, 0.6) is 0 Å². The number of aliphatic hydroxyl groups is 1. The fourth-order valence-corrected chi connectivity index (χ4v) is 5.63. The zero-order chi connectivity index (χ0) is 23.7. The van der Waals surface area contributed by atoms with E-state index in [2.05, 4.69) is 0 Å². The van der Waals surface area contributed by atoms with Gasteiger partial charge in [0.25, 0.3) is 5.56 Å². The summed E-state index contributed by atoms with van der Waals surface area (Å²) in [6, 6.07) is 3.33. The highest BCUT2D eigenvalue weighted by atomic mass is 19.1. The Morgan fingerprint density at radius 2 is 2.00 bits per heavy atom. The topological polar surface area (TPSA) is 72.2 Å². The SMILES string of the molecule is CCCc1c([C@](C)(O)C(C)C=O)cc2n(c1=O)Cc1c-2nc2cc(F)c(C)c3c2c1CCC3. The first-order chi connectivity index (χ1) is 15.7. The molecule has 6 heteroatoms. The minimum atomic E-state index is -1.48. The molecule has 0 spiro atoms. The summed E-state index contributed by atoms with van der Waals surface area (Å²) in [5, 5.41) is 12.3. The van der Waals surface area contributed by atoms with E-state index in [-0.39, 0.29) is 11.4 Å². The van der Waals surface area contributed by atoms with Crippen LogP contribution in [0.15, 0.2) is 16.9 Å². The third-order valence-corrected chi connectivity index (χ3v) is 7.77. The number of aryl methyl sites for hydroxylation is 2. The fraction of sp³-hybridized carbons (Fsp3) is 0.444. The molecule has 0 amide bonds. The third kappa shape index (κ3) is 3.03. The van der Waals surface area contributed by atoms with Crippen LogP contribution in [0.25, 0.3) is 22.3 Å². The summed E-state index contributed by atoms with van der Waals surface area (Å²) in [4.78, 5) is 30.1. The maximum Gasteiger partial charge on any atom is 0.254 e. The number of aldehydes is 1. The predicted molar refractivity (Wildman–Crippen MR) is 126 cm³/mol. The second-order valence-electron chi connectivity index (χ2n) is 9.76. The number of fused-ring (bicyclic) bond motifs is 4. The Kier molecular flexibility index (Phi) is 5.05. The maximum absolute atomic E-state index is 14.7. The van der Waals surface area contributed by atoms with Gasteiger partial charge in [0.2, 0.25) is 0 Å². The van der Waals surface area contributed by atoms with Crippen LogP contribution < -0.4 is 5.56 Å². The molecule has 0 saturated heterocycles. The van der Waals surface area contributed by atoms with Gasteiger partial charge in [0.1, 0.15) is 12.1 Å². The molecule has 172 valence electrons. The van der Waals surface area contributed by atoms with Crippen molar-refractivity contribution in [2.45, 2.75) is 71.9 Å². The summed E-state index contributed by atoms with van der Waals surface area (Å²) in [6.07, 6.45) is 4.62. The van der Waals surface area contributed by atoms with Gasteiger partial charge in [-0.3, -0.25) is 4.79 Å². The van der Waals surface area contributed by atoms with E-state index >= 15 is 0 Å². The summed E-state index contributed by atoms with van der Waals surface area (Å²) < 4.78 is 16.4. The molecule has 1 aliphatic heterocycles. The molecule has 0 radical (unpaired) electrons. The molecule has 3 aromatic rings. The number of benzene rings is 1. The molecule has 2 aromatic heterocycles. The highest BCUT2D eigenvalue weighted by molar-refractivity contribution is 5.92. The Hall–Kier alpha value is -2.86. The van der Waals surface area contributed by atoms with E-state index in [1.807, 2.05) is 19.9 Å². The van der Waals surface area contributed by atoms with Crippen LogP contribution in [0.3, 0.4) is 0 Å². The van der Waals surface area contributed by atoms with E-state index in [1.54, 1.807) is 18.4 Å². The minimum absolute atomic E-state index is 0.143. The number of nitrogens with zero attached hydrogens (tertiary/aromatic N) is 2. The number of rotatable bonds is 5. The minimum Gasteiger partial charge on any atom is -0.385 e. The van der Waals surface area contributed by atoms with Crippen molar-refractivity contribution in [2.24, 2.45) is 5.92 Å². The average molecular weight is 449 g/mol. The Morgan fingerprint density at radius 1 is 1.27 bits per heavy atom. The van der Waals surface area contributed by atoms with Gasteiger partial charge in [0.05, 0.1) is 29.1 Å². The monoisotopic (exact) mass is 448 g/mol. The standard InChI is InChI=1S/C27H29FN2O3/c1-5-7-18-20(27(4,33)14(2)13-31)10-23-25-19(12-30(23)26(18)32)17-9-6-8-16-15(3)21(28)11-22(29-25)24(16)17/h10-11,13-14,33H,5-9,12H2,1-4H3/t14?,27-/m1/s1. The van der Waals surface area contributed by atoms with E-state index in [0.29, 0.717) is 46.6 Å². The third-order valence-electron chi connectivity index (χ3n) is 7.77. The quantitative estimate of drug-likeness (QED) is 0.461. The molecule has 0 bridgehead atoms. The van der Waals surface area contributed by atoms with Gasteiger partial charge in [0, 0.05) is 28.5 Å². The molecular formula is C27H29FN2O3. The predicted octanol–water partition coefficient (Wildman–Crippen LogP) is 4.36. The van der Waals surface area contributed by atoms with Gasteiger partial charge in [-0.05, 0) is 67.9 Å². The molecule has 1 aliphatic carbocycles. The Labute approximate surface area is 192 Å². The summed E-state index contributed by atoms with van der Waals surface area (Å²) in [5.41, 5.74) is 5.25. The largest absolute Gasteiger partial charge is 0.385 e. The van der Waals surface area contributed by atoms with Crippen LogP contribution in [0, 0.1) is 18.7 Å². The number of pyridine rings is 2. The number of aromatic nitrogens is 2. The van der Waals surface area contributed by atoms with Crippen LogP contribution in [0.4, 0.5) is 4.39 Å². The molecule has 1 unspecified atom stereocenters. The van der Waals surface area contributed by atoms with Crippen molar-refractivity contribution in [3.63, 3.8) is 0 Å². The molecule has 0 fully saturated rings. The van der Waals surface area contributed by atoms with Crippen LogP contribution >= 0.6 is 0 Å². The number of carbonyl (C=O) groups is 1. The molecule has 5 nitrogen and oxygen atoms in total. The van der Waals surface area contributed by atoms with Gasteiger partial charge < -0.3 is 14.5 Å². The molecule has 2 atom stereocenters. The van der Waals surface area contributed by atoms with Crippen molar-refractivity contribution in [3.8, 4) is 11.4 Å². The van der Waals surface area contributed by atoms with Gasteiger partial charge >= 0.3 is 0 Å². The summed E-state index contributed by atoms with van der Waals surface area (Å²) in [6.45, 7) is 7.49. The van der Waals surface area contributed by atoms with E-state index in [0.717, 1.165) is 54.0 Å². The van der Waals surface area contributed by atoms with Crippen LogP contribution in [-0.4, -0.2) is 20.9 Å². The number of carbonyl (C=O) groups excluding carboxylic acids is 1. The summed E-state index contributed by atoms with van der Waals surface area (Å²) >= 11 is 0. The molecular weight excluding hydrogens is 419 g/mol. The highest BCUT2D eigenvalue weighted by Crippen LogP contribution is 2.42. The molecule has 5 rings (SSSR count). The molecule has 1 N–H and O–H groups in total. The van der Waals surface area contributed by atoms with Crippen molar-refractivity contribution in [3.05, 3.63) is 61.7 Å². The zero-order valence-electron chi connectivity index (χ0n) is 19.6. The van der Waals surface area contributed by atoms with Gasteiger partial charge in [-0.15, -0.1) is 0 Å². The Balaban J connectivity index is 1.83. The number of hydrogen-bond donors (Lipinski definition) is 1. The summed E-state index contributed by atoms with van der Waals surface area (Å²) in [7, 11) is 0. The molecule has 33 heavy (non-hydrogen) atoms. The molecule has 1 aromatic carbocycles. The summed E-state index contributed by atoms with van der Waals surface area (Å²) in [5.74, 6) is -0.934. The van der Waals surface area contributed by atoms with Crippen LogP contribution in [-0.2, 0) is 36.2 Å². The lowest BCUT2D eigenvalue weighted by Crippen LogP contribution is -2.36. The van der Waals surface area contributed by atoms with Crippen LogP contribution in [0.1, 0.15) is 67.0 Å². The molecule has 0 saturated carbocycles. The van der Waals surface area contributed by atoms with E-state index in [9.17, 15) is 19.1 Å². The second-order valence-corrected chi connectivity index (χ2v) is 9.76. The number of halogens is 1. The van der Waals surface area contributed by atoms with Gasteiger partial charge in [-0.25, -0.2) is 9.37 Å². The lowest BCUT2D eigenvalue weighted by Gasteiger charge is -2.30. The lowest BCUT2D eigenvalue weighted by molar-refractivity contribution is -0.118. The Morgan fingerprint density at radius 3 is 2.70 bits per heavy atom. The molecule has 2 aliphatic rings. The highest BCUT2D eigenvalue weighted by Gasteiger charge is 2.37. The Bertz CT molecular complexity index is 1390. The van der Waals surface area contributed by atoms with Gasteiger partial charge in [-0.1, -0.05) is 20.3 Å². The van der Waals surface area contributed by atoms with Crippen LogP contribution in [0.2, 0.25) is 0 Å². The fourth-order valence-electron chi connectivity index (χ4n) is 5.63. The smallest absolute Gasteiger partial charge is 0.254 e. The first-order valence-electron chi connectivity index (χ1n) is 11.8. The van der Waals surface area contributed by atoms with E-state index in [1.165, 1.54) is 6.07 Å². The van der Waals surface area contributed by atoms with E-state index in [4.69, 9.17) is 4.98 Å².